The van der Waals surface area contributed by atoms with E-state index in [2.05, 4.69) is 37.1 Å². The molecule has 2 aliphatic rings. The molecule has 33 heavy (non-hydrogen) atoms. The van der Waals surface area contributed by atoms with Crippen molar-refractivity contribution in [1.29, 1.82) is 0 Å². The van der Waals surface area contributed by atoms with Crippen molar-refractivity contribution >= 4 is 16.9 Å². The zero-order valence-electron chi connectivity index (χ0n) is 18.2. The summed E-state index contributed by atoms with van der Waals surface area (Å²) in [4.78, 5) is 19.9. The van der Waals surface area contributed by atoms with Gasteiger partial charge in [0.2, 0.25) is 5.91 Å². The number of hydrogen-bond donors (Lipinski definition) is 1. The number of rotatable bonds is 6. The molecule has 0 radical (unpaired) electrons. The molecule has 1 N–H and O–H groups in total. The predicted octanol–water partition coefficient (Wildman–Crippen LogP) is 3.97. The van der Waals surface area contributed by atoms with Gasteiger partial charge in [-0.15, -0.1) is 0 Å². The van der Waals surface area contributed by atoms with Crippen LogP contribution >= 0.6 is 0 Å². The molecule has 4 aromatic rings. The molecule has 3 unspecified atom stereocenters. The quantitative estimate of drug-likeness (QED) is 0.488. The molecule has 0 aliphatic carbocycles. The van der Waals surface area contributed by atoms with Crippen molar-refractivity contribution in [3.63, 3.8) is 0 Å². The molecule has 8 heteroatoms. The molecule has 2 bridgehead atoms. The molecule has 0 spiro atoms. The second kappa shape index (κ2) is 8.10. The number of nitrogens with zero attached hydrogens (tertiary/aromatic N) is 5. The van der Waals surface area contributed by atoms with Crippen LogP contribution in [-0.4, -0.2) is 47.9 Å². The Morgan fingerprint density at radius 2 is 2.09 bits per heavy atom. The van der Waals surface area contributed by atoms with Gasteiger partial charge in [0, 0.05) is 31.2 Å². The highest BCUT2D eigenvalue weighted by Gasteiger charge is 2.48. The molecular weight excluding hydrogens is 419 g/mol. The first-order chi connectivity index (χ1) is 16.2. The Kier molecular flexibility index (Phi) is 4.93. The van der Waals surface area contributed by atoms with Gasteiger partial charge in [-0.25, -0.2) is 9.37 Å². The second-order valence-corrected chi connectivity index (χ2v) is 9.15. The normalized spacial score (nSPS) is 21.8. The molecule has 2 fully saturated rings. The van der Waals surface area contributed by atoms with Crippen LogP contribution in [0.4, 0.5) is 4.39 Å². The highest BCUT2D eigenvalue weighted by atomic mass is 19.1. The van der Waals surface area contributed by atoms with Gasteiger partial charge < -0.3 is 9.47 Å². The molecule has 1 amide bonds. The highest BCUT2D eigenvalue weighted by molar-refractivity contribution is 5.79. The number of nitrogens with one attached hydrogen (secondary N) is 1. The predicted molar refractivity (Wildman–Crippen MR) is 122 cm³/mol. The maximum atomic E-state index is 13.5. The fourth-order valence-electron chi connectivity index (χ4n) is 5.72. The summed E-state index contributed by atoms with van der Waals surface area (Å²) in [7, 11) is 0. The Hall–Kier alpha value is -3.55. The summed E-state index contributed by atoms with van der Waals surface area (Å²) in [6, 6.07) is 13.3. The molecule has 168 valence electrons. The minimum absolute atomic E-state index is 0.200. The molecule has 0 saturated carbocycles. The number of aryl methyl sites for hydroxylation is 1. The Labute approximate surface area is 190 Å². The molecule has 1 aromatic carbocycles. The molecule has 6 rings (SSSR count). The van der Waals surface area contributed by atoms with Crippen LogP contribution < -0.4 is 0 Å². The van der Waals surface area contributed by atoms with E-state index in [4.69, 9.17) is 4.98 Å². The van der Waals surface area contributed by atoms with Gasteiger partial charge >= 0.3 is 0 Å². The van der Waals surface area contributed by atoms with Crippen molar-refractivity contribution in [2.24, 2.45) is 5.92 Å². The van der Waals surface area contributed by atoms with Crippen molar-refractivity contribution in [2.75, 3.05) is 0 Å². The van der Waals surface area contributed by atoms with Gasteiger partial charge in [0.15, 0.2) is 0 Å². The first-order valence-electron chi connectivity index (χ1n) is 11.5. The van der Waals surface area contributed by atoms with Crippen LogP contribution in [0.2, 0.25) is 0 Å². The van der Waals surface area contributed by atoms with Crippen LogP contribution in [0, 0.1) is 11.7 Å². The summed E-state index contributed by atoms with van der Waals surface area (Å²) in [5.74, 6) is 0.390. The number of halogens is 1. The van der Waals surface area contributed by atoms with Crippen LogP contribution in [-0.2, 0) is 17.8 Å². The van der Waals surface area contributed by atoms with Crippen molar-refractivity contribution in [3.05, 3.63) is 66.2 Å². The summed E-state index contributed by atoms with van der Waals surface area (Å²) < 4.78 is 15.7. The highest BCUT2D eigenvalue weighted by Crippen LogP contribution is 2.43. The topological polar surface area (TPSA) is 79.7 Å². The molecule has 2 aliphatic heterocycles. The van der Waals surface area contributed by atoms with E-state index in [0.717, 1.165) is 53.8 Å². The molecule has 3 aromatic heterocycles. The van der Waals surface area contributed by atoms with Crippen molar-refractivity contribution in [2.45, 2.75) is 50.7 Å². The van der Waals surface area contributed by atoms with E-state index in [1.807, 2.05) is 18.2 Å². The standard InChI is InChI=1S/C25H25FN6O/c26-18-3-1-2-16(12-18)4-9-25(33)32-19-5-7-23(32)17(13-19)15-31-11-10-21-24(31)8-6-20(28-21)22-14-27-30-29-22/h1-3,6,8,10-12,14,17,19,23H,4-5,7,9,13,15H2,(H,27,29,30). The lowest BCUT2D eigenvalue weighted by atomic mass is 9.89. The Bertz CT molecular complexity index is 1300. The van der Waals surface area contributed by atoms with Crippen molar-refractivity contribution in [3.8, 4) is 11.4 Å². The average Bonchev–Trinajstić information content (AvgIpc) is 3.61. The first-order valence-corrected chi connectivity index (χ1v) is 11.5. The van der Waals surface area contributed by atoms with Gasteiger partial charge in [0.25, 0.3) is 0 Å². The number of fused-ring (bicyclic) bond motifs is 3. The van der Waals surface area contributed by atoms with E-state index in [-0.39, 0.29) is 17.8 Å². The van der Waals surface area contributed by atoms with Gasteiger partial charge in [0.1, 0.15) is 11.5 Å². The maximum absolute atomic E-state index is 13.5. The Morgan fingerprint density at radius 3 is 2.94 bits per heavy atom. The molecule has 2 saturated heterocycles. The molecule has 7 nitrogen and oxygen atoms in total. The second-order valence-electron chi connectivity index (χ2n) is 9.15. The zero-order chi connectivity index (χ0) is 22.4. The first kappa shape index (κ1) is 20.1. The number of carbonyl (C=O) groups is 1. The van der Waals surface area contributed by atoms with Crippen LogP contribution in [0.1, 0.15) is 31.2 Å². The Morgan fingerprint density at radius 1 is 1.15 bits per heavy atom. The summed E-state index contributed by atoms with van der Waals surface area (Å²) in [6.45, 7) is 0.878. The van der Waals surface area contributed by atoms with Crippen LogP contribution in [0.3, 0.4) is 0 Å². The number of carbonyl (C=O) groups excluding carboxylic acids is 1. The third-order valence-corrected chi connectivity index (χ3v) is 7.20. The van der Waals surface area contributed by atoms with Gasteiger partial charge in [-0.1, -0.05) is 12.1 Å². The van der Waals surface area contributed by atoms with Crippen molar-refractivity contribution < 1.29 is 9.18 Å². The fourth-order valence-corrected chi connectivity index (χ4v) is 5.72. The Balaban J connectivity index is 1.15. The van der Waals surface area contributed by atoms with E-state index < -0.39 is 0 Å². The number of hydrogen-bond acceptors (Lipinski definition) is 4. The minimum Gasteiger partial charge on any atom is -0.346 e. The van der Waals surface area contributed by atoms with Crippen LogP contribution in [0.5, 0.6) is 0 Å². The maximum Gasteiger partial charge on any atom is 0.223 e. The van der Waals surface area contributed by atoms with Gasteiger partial charge in [-0.2, -0.15) is 15.4 Å². The number of amides is 1. The van der Waals surface area contributed by atoms with Gasteiger partial charge in [-0.3, -0.25) is 4.79 Å². The number of pyridine rings is 1. The van der Waals surface area contributed by atoms with Crippen molar-refractivity contribution in [1.82, 2.24) is 29.9 Å². The SMILES string of the molecule is O=C(CCc1cccc(F)c1)N1C2CCC1C(Cn1ccc3nc(-c4cn[nH]n4)ccc31)C2. The van der Waals surface area contributed by atoms with Gasteiger partial charge in [0.05, 0.1) is 22.9 Å². The minimum atomic E-state index is -0.247. The fraction of sp³-hybridized carbons (Fsp3) is 0.360. The number of aromatic nitrogens is 5. The number of benzene rings is 1. The summed E-state index contributed by atoms with van der Waals surface area (Å²) in [5, 5.41) is 10.6. The van der Waals surface area contributed by atoms with E-state index in [9.17, 15) is 9.18 Å². The lowest BCUT2D eigenvalue weighted by Crippen LogP contribution is -2.37. The molecule has 5 heterocycles. The summed E-state index contributed by atoms with van der Waals surface area (Å²) in [6.07, 6.45) is 7.97. The summed E-state index contributed by atoms with van der Waals surface area (Å²) in [5.41, 5.74) is 4.42. The monoisotopic (exact) mass is 444 g/mol. The molecular formula is C25H25FN6O. The van der Waals surface area contributed by atoms with Gasteiger partial charge in [-0.05, 0) is 67.5 Å². The van der Waals surface area contributed by atoms with E-state index in [1.54, 1.807) is 12.3 Å². The van der Waals surface area contributed by atoms with Crippen LogP contribution in [0.25, 0.3) is 22.4 Å². The lowest BCUT2D eigenvalue weighted by Gasteiger charge is -2.25. The lowest BCUT2D eigenvalue weighted by molar-refractivity contribution is -0.132. The number of H-pyrrole nitrogens is 1. The number of aromatic amines is 1. The third kappa shape index (κ3) is 3.69. The largest absolute Gasteiger partial charge is 0.346 e. The zero-order valence-corrected chi connectivity index (χ0v) is 18.2. The average molecular weight is 445 g/mol. The van der Waals surface area contributed by atoms with E-state index in [1.165, 1.54) is 12.1 Å². The van der Waals surface area contributed by atoms with E-state index >= 15 is 0 Å². The third-order valence-electron chi connectivity index (χ3n) is 7.20. The molecule has 3 atom stereocenters. The van der Waals surface area contributed by atoms with E-state index in [0.29, 0.717) is 24.8 Å². The smallest absolute Gasteiger partial charge is 0.223 e. The van der Waals surface area contributed by atoms with Crippen LogP contribution in [0.15, 0.2) is 54.9 Å². The summed E-state index contributed by atoms with van der Waals surface area (Å²) >= 11 is 0.